The fourth-order valence-electron chi connectivity index (χ4n) is 4.94. The molecule has 8 nitrogen and oxygen atoms in total. The Kier molecular flexibility index (Phi) is 4.69. The van der Waals surface area contributed by atoms with E-state index >= 15 is 0 Å². The van der Waals surface area contributed by atoms with Crippen LogP contribution in [0.25, 0.3) is 0 Å². The van der Waals surface area contributed by atoms with Gasteiger partial charge in [-0.2, -0.15) is 10.1 Å². The number of carbonyl (C=O) groups excluding carboxylic acids is 1. The van der Waals surface area contributed by atoms with Crippen LogP contribution in [0.1, 0.15) is 47.3 Å². The van der Waals surface area contributed by atoms with Crippen molar-refractivity contribution in [1.29, 1.82) is 0 Å². The Bertz CT molecular complexity index is 1280. The Balaban J connectivity index is 1.45. The normalized spacial score (nSPS) is 21.3. The van der Waals surface area contributed by atoms with E-state index in [4.69, 9.17) is 9.47 Å². The number of fused-ring (bicyclic) bond motifs is 2. The average Bonchev–Trinajstić information content (AvgIpc) is 3.25. The largest absolute Gasteiger partial charge is 0.486 e. The summed E-state index contributed by atoms with van der Waals surface area (Å²) in [6, 6.07) is 13.7. The number of Topliss-reactive ketones (excluding diaryl/α,β-unsaturated/α-hetero) is 1. The van der Waals surface area contributed by atoms with E-state index in [1.165, 1.54) is 5.56 Å². The first-order chi connectivity index (χ1) is 16.1. The van der Waals surface area contributed by atoms with Crippen molar-refractivity contribution in [1.82, 2.24) is 14.8 Å². The van der Waals surface area contributed by atoms with Gasteiger partial charge >= 0.3 is 0 Å². The zero-order valence-electron chi connectivity index (χ0n) is 18.2. The summed E-state index contributed by atoms with van der Waals surface area (Å²) < 4.78 is 13.2. The first-order valence-electron chi connectivity index (χ1n) is 11.2. The Morgan fingerprint density at radius 1 is 1.06 bits per heavy atom. The highest BCUT2D eigenvalue weighted by molar-refractivity contribution is 6.00. The van der Waals surface area contributed by atoms with Gasteiger partial charge in [0.15, 0.2) is 23.1 Å². The Labute approximate surface area is 190 Å². The Morgan fingerprint density at radius 3 is 2.61 bits per heavy atom. The number of aliphatic hydroxyl groups excluding tert-OH is 1. The number of anilines is 1. The van der Waals surface area contributed by atoms with Gasteiger partial charge in [0.1, 0.15) is 25.9 Å². The molecule has 168 valence electrons. The van der Waals surface area contributed by atoms with Gasteiger partial charge in [0.05, 0.1) is 0 Å². The van der Waals surface area contributed by atoms with E-state index in [1.54, 1.807) is 4.68 Å². The second-order valence-electron chi connectivity index (χ2n) is 8.72. The SMILES string of the molecule is Cc1ccc(C2CC(=O)C3=C(C2)Nc2nc(CO)nn2C3c2ccc3c(c2)OCCO3)cc1. The minimum absolute atomic E-state index is 0.0842. The predicted octanol–water partition coefficient (Wildman–Crippen LogP) is 3.27. The van der Waals surface area contributed by atoms with Gasteiger partial charge in [-0.05, 0) is 42.5 Å². The number of aliphatic hydroxyl groups is 1. The topological polar surface area (TPSA) is 98.5 Å². The molecule has 0 radical (unpaired) electrons. The Morgan fingerprint density at radius 2 is 1.82 bits per heavy atom. The number of nitrogens with one attached hydrogen (secondary N) is 1. The lowest BCUT2D eigenvalue weighted by Gasteiger charge is -2.35. The van der Waals surface area contributed by atoms with Crippen molar-refractivity contribution in [2.45, 2.75) is 38.3 Å². The zero-order valence-corrected chi connectivity index (χ0v) is 18.2. The van der Waals surface area contributed by atoms with Crippen LogP contribution in [0.3, 0.4) is 0 Å². The van der Waals surface area contributed by atoms with Crippen molar-refractivity contribution in [3.8, 4) is 11.5 Å². The molecule has 0 fully saturated rings. The highest BCUT2D eigenvalue weighted by atomic mass is 16.6. The molecule has 1 aliphatic carbocycles. The molecule has 3 aliphatic rings. The van der Waals surface area contributed by atoms with E-state index < -0.39 is 6.04 Å². The molecule has 1 aromatic heterocycles. The fourth-order valence-corrected chi connectivity index (χ4v) is 4.94. The van der Waals surface area contributed by atoms with Gasteiger partial charge < -0.3 is 19.9 Å². The van der Waals surface area contributed by atoms with Crippen molar-refractivity contribution >= 4 is 11.7 Å². The third-order valence-electron chi connectivity index (χ3n) is 6.54. The zero-order chi connectivity index (χ0) is 22.5. The highest BCUT2D eigenvalue weighted by Crippen LogP contribution is 2.45. The molecule has 33 heavy (non-hydrogen) atoms. The number of carbonyl (C=O) groups is 1. The molecule has 3 heterocycles. The van der Waals surface area contributed by atoms with E-state index in [1.807, 2.05) is 18.2 Å². The summed E-state index contributed by atoms with van der Waals surface area (Å²) >= 11 is 0. The third kappa shape index (κ3) is 3.38. The van der Waals surface area contributed by atoms with Gasteiger partial charge in [-0.3, -0.25) is 4.79 Å². The molecule has 0 spiro atoms. The number of nitrogens with zero attached hydrogens (tertiary/aromatic N) is 3. The van der Waals surface area contributed by atoms with Crippen molar-refractivity contribution in [3.63, 3.8) is 0 Å². The van der Waals surface area contributed by atoms with Crippen LogP contribution in [-0.4, -0.2) is 38.9 Å². The lowest BCUT2D eigenvalue weighted by molar-refractivity contribution is -0.116. The molecule has 2 atom stereocenters. The molecule has 2 aliphatic heterocycles. The predicted molar refractivity (Wildman–Crippen MR) is 120 cm³/mol. The Hall–Kier alpha value is -3.65. The van der Waals surface area contributed by atoms with Gasteiger partial charge in [0.25, 0.3) is 0 Å². The monoisotopic (exact) mass is 444 g/mol. The molecular weight excluding hydrogens is 420 g/mol. The molecule has 0 saturated carbocycles. The smallest absolute Gasteiger partial charge is 0.226 e. The molecule has 2 unspecified atom stereocenters. The van der Waals surface area contributed by atoms with E-state index in [0.29, 0.717) is 54.9 Å². The number of aryl methyl sites for hydroxylation is 1. The lowest BCUT2D eigenvalue weighted by Crippen LogP contribution is -2.33. The number of hydrogen-bond acceptors (Lipinski definition) is 7. The molecule has 0 bridgehead atoms. The maximum atomic E-state index is 13.6. The number of allylic oxidation sites excluding steroid dienone is 2. The second kappa shape index (κ2) is 7.74. The van der Waals surface area contributed by atoms with E-state index in [2.05, 4.69) is 46.6 Å². The number of ketones is 1. The number of ether oxygens (including phenoxy) is 2. The van der Waals surface area contributed by atoms with Gasteiger partial charge in [-0.1, -0.05) is 35.9 Å². The second-order valence-corrected chi connectivity index (χ2v) is 8.72. The standard InChI is InChI=1S/C25H24N4O4/c1-14-2-4-15(5-3-14)17-10-18-23(19(31)11-17)24(29-25(26-18)27-22(13-30)28-29)16-6-7-20-21(12-16)33-9-8-32-20/h2-7,12,17,24,30H,8-11,13H2,1H3,(H,26,27,28). The summed E-state index contributed by atoms with van der Waals surface area (Å²) in [5, 5.41) is 17.5. The van der Waals surface area contributed by atoms with Crippen LogP contribution in [0, 0.1) is 6.92 Å². The number of aromatic nitrogens is 3. The summed E-state index contributed by atoms with van der Waals surface area (Å²) in [5.74, 6) is 2.36. The quantitative estimate of drug-likeness (QED) is 0.640. The van der Waals surface area contributed by atoms with Crippen LogP contribution >= 0.6 is 0 Å². The molecule has 2 aromatic carbocycles. The van der Waals surface area contributed by atoms with E-state index in [9.17, 15) is 9.90 Å². The molecule has 6 rings (SSSR count). The van der Waals surface area contributed by atoms with Gasteiger partial charge in [-0.25, -0.2) is 4.68 Å². The molecule has 0 saturated heterocycles. The molecule has 8 heteroatoms. The van der Waals surface area contributed by atoms with E-state index in [0.717, 1.165) is 16.8 Å². The maximum Gasteiger partial charge on any atom is 0.226 e. The fraction of sp³-hybridized carbons (Fsp3) is 0.320. The molecular formula is C25H24N4O4. The summed E-state index contributed by atoms with van der Waals surface area (Å²) in [5.41, 5.74) is 4.77. The summed E-state index contributed by atoms with van der Waals surface area (Å²) in [6.07, 6.45) is 1.13. The van der Waals surface area contributed by atoms with Gasteiger partial charge in [0, 0.05) is 17.7 Å². The van der Waals surface area contributed by atoms with Crippen molar-refractivity contribution in [2.24, 2.45) is 0 Å². The summed E-state index contributed by atoms with van der Waals surface area (Å²) in [6.45, 7) is 2.78. The van der Waals surface area contributed by atoms with E-state index in [-0.39, 0.29) is 18.3 Å². The molecule has 0 amide bonds. The van der Waals surface area contributed by atoms with Crippen LogP contribution in [0.2, 0.25) is 0 Å². The lowest BCUT2D eigenvalue weighted by atomic mass is 9.78. The molecule has 3 aromatic rings. The van der Waals surface area contributed by atoms with Crippen molar-refractivity contribution < 1.29 is 19.4 Å². The minimum Gasteiger partial charge on any atom is -0.486 e. The average molecular weight is 444 g/mol. The van der Waals surface area contributed by atoms with Crippen molar-refractivity contribution in [3.05, 3.63) is 76.2 Å². The highest BCUT2D eigenvalue weighted by Gasteiger charge is 2.40. The van der Waals surface area contributed by atoms with Gasteiger partial charge in [0.2, 0.25) is 5.95 Å². The van der Waals surface area contributed by atoms with Crippen LogP contribution in [-0.2, 0) is 11.4 Å². The summed E-state index contributed by atoms with van der Waals surface area (Å²) in [4.78, 5) is 18.0. The van der Waals surface area contributed by atoms with Crippen LogP contribution in [0.4, 0.5) is 5.95 Å². The number of rotatable bonds is 3. The first-order valence-corrected chi connectivity index (χ1v) is 11.2. The summed E-state index contributed by atoms with van der Waals surface area (Å²) in [7, 11) is 0. The third-order valence-corrected chi connectivity index (χ3v) is 6.54. The van der Waals surface area contributed by atoms with Crippen LogP contribution in [0.15, 0.2) is 53.7 Å². The van der Waals surface area contributed by atoms with Crippen molar-refractivity contribution in [2.75, 3.05) is 18.5 Å². The van der Waals surface area contributed by atoms with Gasteiger partial charge in [-0.15, -0.1) is 0 Å². The first kappa shape index (κ1) is 20.0. The molecule has 2 N–H and O–H groups in total. The maximum absolute atomic E-state index is 13.6. The minimum atomic E-state index is -0.452. The number of benzene rings is 2. The van der Waals surface area contributed by atoms with Crippen LogP contribution in [0.5, 0.6) is 11.5 Å². The number of hydrogen-bond donors (Lipinski definition) is 2. The van der Waals surface area contributed by atoms with Crippen LogP contribution < -0.4 is 14.8 Å².